The van der Waals surface area contributed by atoms with Gasteiger partial charge in [-0.15, -0.1) is 0 Å². The van der Waals surface area contributed by atoms with Gasteiger partial charge in [-0.2, -0.15) is 5.10 Å². The largest absolute Gasteiger partial charge is 1.00 e. The van der Waals surface area contributed by atoms with Crippen LogP contribution in [0.5, 0.6) is 5.75 Å². The third-order valence-corrected chi connectivity index (χ3v) is 4.68. The molecule has 2 aromatic carbocycles. The van der Waals surface area contributed by atoms with Gasteiger partial charge < -0.3 is 9.88 Å². The minimum atomic E-state index is -4.15. The Bertz CT molecular complexity index is 1090. The molecular weight excluding hydrogens is 390 g/mol. The van der Waals surface area contributed by atoms with Crippen LogP contribution in [-0.2, 0) is 10.0 Å². The summed E-state index contributed by atoms with van der Waals surface area (Å²) in [4.78, 5) is -0.246. The number of ether oxygens (including phenoxy) is 1. The number of hydrogen-bond donors (Lipinski definition) is 0. The quantitative estimate of drug-likeness (QED) is 0.603. The molecule has 0 amide bonds. The van der Waals surface area contributed by atoms with Crippen molar-refractivity contribution in [2.75, 3.05) is 7.11 Å². The van der Waals surface area contributed by atoms with E-state index in [0.29, 0.717) is 0 Å². The number of hydrogen-bond acceptors (Lipinski definition) is 4. The zero-order chi connectivity index (χ0) is 19.8. The van der Waals surface area contributed by atoms with Crippen molar-refractivity contribution in [1.29, 1.82) is 0 Å². The molecule has 0 aliphatic heterocycles. The Hall–Kier alpha value is -2.25. The summed E-state index contributed by atoms with van der Waals surface area (Å²) in [5, 5.41) is 10.9. The molecule has 0 aliphatic rings. The molecule has 0 bridgehead atoms. The van der Waals surface area contributed by atoms with Crippen LogP contribution in [0.1, 0.15) is 12.1 Å². The topological polar surface area (TPSA) is 85.0 Å². The molecule has 0 fully saturated rings. The van der Waals surface area contributed by atoms with Crippen molar-refractivity contribution in [1.82, 2.24) is 9.78 Å². The Morgan fingerprint density at radius 3 is 2.25 bits per heavy atom. The number of nitrogens with one attached hydrogen (secondary N) is 1. The van der Waals surface area contributed by atoms with Crippen LogP contribution >= 0.6 is 0 Å². The van der Waals surface area contributed by atoms with Gasteiger partial charge >= 0.3 is 18.9 Å². The van der Waals surface area contributed by atoms with E-state index in [4.69, 9.17) is 9.88 Å². The maximum absolute atomic E-state index is 14.0. The number of benzene rings is 2. The second-order valence-electron chi connectivity index (χ2n) is 5.51. The Kier molecular flexibility index (Phi) is 6.62. The Morgan fingerprint density at radius 1 is 1.11 bits per heavy atom. The van der Waals surface area contributed by atoms with Gasteiger partial charge in [0.2, 0.25) is 0 Å². The molecule has 1 N–H and O–H groups in total. The minimum absolute atomic E-state index is 0. The standard InChI is InChI=1S/C17H13F3N3O3S.Li/c1-26-16-7-2-10(8-13(16)18)15-9-14(17(19)20)22-23(15)11-3-5-12(6-4-11)27(21,24)25;/h2-9,17H,1H3,(H-,21,24,25);/q-1;+1. The molecule has 0 unspecified atom stereocenters. The number of aromatic nitrogens is 2. The number of nitrogens with zero attached hydrogens (tertiary/aromatic N) is 2. The van der Waals surface area contributed by atoms with Gasteiger partial charge in [0.1, 0.15) is 5.69 Å². The number of alkyl halides is 2. The molecule has 6 nitrogen and oxygen atoms in total. The zero-order valence-electron chi connectivity index (χ0n) is 14.9. The molecule has 0 aliphatic carbocycles. The van der Waals surface area contributed by atoms with Crippen molar-refractivity contribution in [3.05, 3.63) is 65.2 Å². The average Bonchev–Trinajstić information content (AvgIpc) is 3.06. The van der Waals surface area contributed by atoms with Crippen molar-refractivity contribution in [2.45, 2.75) is 11.3 Å². The van der Waals surface area contributed by atoms with E-state index in [-0.39, 0.29) is 46.5 Å². The van der Waals surface area contributed by atoms with Crippen molar-refractivity contribution in [3.63, 3.8) is 0 Å². The van der Waals surface area contributed by atoms with Crippen LogP contribution in [0, 0.1) is 5.82 Å². The summed E-state index contributed by atoms with van der Waals surface area (Å²) in [5.41, 5.74) is 0.233. The van der Waals surface area contributed by atoms with Gasteiger partial charge in [0.25, 0.3) is 6.43 Å². The number of methoxy groups -OCH3 is 1. The van der Waals surface area contributed by atoms with Crippen LogP contribution in [0.25, 0.3) is 22.1 Å². The van der Waals surface area contributed by atoms with Crippen molar-refractivity contribution in [3.8, 4) is 22.7 Å². The molecule has 1 aromatic heterocycles. The normalized spacial score (nSPS) is 11.4. The molecule has 0 spiro atoms. The Labute approximate surface area is 171 Å². The van der Waals surface area contributed by atoms with Crippen molar-refractivity contribution >= 4 is 10.0 Å². The summed E-state index contributed by atoms with van der Waals surface area (Å²) in [6.07, 6.45) is -2.85. The van der Waals surface area contributed by atoms with E-state index in [0.717, 1.165) is 16.8 Å². The van der Waals surface area contributed by atoms with Crippen LogP contribution in [-0.4, -0.2) is 25.3 Å². The smallest absolute Gasteiger partial charge is 0.560 e. The fraction of sp³-hybridized carbons (Fsp3) is 0.118. The molecule has 0 saturated heterocycles. The third-order valence-electron chi connectivity index (χ3n) is 3.79. The van der Waals surface area contributed by atoms with Gasteiger partial charge in [-0.05, 0) is 48.5 Å². The Balaban J connectivity index is 0.00000280. The van der Waals surface area contributed by atoms with Crippen LogP contribution in [0.3, 0.4) is 0 Å². The van der Waals surface area contributed by atoms with Crippen molar-refractivity contribution < 1.29 is 45.2 Å². The Morgan fingerprint density at radius 2 is 1.75 bits per heavy atom. The first-order valence-electron chi connectivity index (χ1n) is 7.53. The van der Waals surface area contributed by atoms with E-state index in [1.165, 1.54) is 43.5 Å². The van der Waals surface area contributed by atoms with Gasteiger partial charge in [0, 0.05) is 10.5 Å². The summed E-state index contributed by atoms with van der Waals surface area (Å²) in [7, 11) is -2.84. The molecule has 11 heteroatoms. The van der Waals surface area contributed by atoms with Gasteiger partial charge in [-0.3, -0.25) is 0 Å². The molecule has 0 saturated carbocycles. The minimum Gasteiger partial charge on any atom is -0.560 e. The predicted molar refractivity (Wildman–Crippen MR) is 92.0 cm³/mol. The molecule has 3 rings (SSSR count). The van der Waals surface area contributed by atoms with Crippen LogP contribution < -0.4 is 23.6 Å². The van der Waals surface area contributed by atoms with Gasteiger partial charge in [0.15, 0.2) is 11.6 Å². The first kappa shape index (κ1) is 22.0. The summed E-state index contributed by atoms with van der Waals surface area (Å²) >= 11 is 0. The number of halogens is 3. The van der Waals surface area contributed by atoms with Crippen LogP contribution in [0.15, 0.2) is 53.4 Å². The number of sulfonamides is 1. The monoisotopic (exact) mass is 403 g/mol. The summed E-state index contributed by atoms with van der Waals surface area (Å²) in [6, 6.07) is 10.1. The first-order chi connectivity index (χ1) is 12.7. The van der Waals surface area contributed by atoms with E-state index in [2.05, 4.69) is 5.10 Å². The van der Waals surface area contributed by atoms with Gasteiger partial charge in [0.05, 0.1) is 28.5 Å². The fourth-order valence-corrected chi connectivity index (χ4v) is 3.00. The third kappa shape index (κ3) is 4.42. The molecule has 1 heterocycles. The molecule has 28 heavy (non-hydrogen) atoms. The SMILES string of the molecule is COc1ccc(-c2cc(C(F)F)nn2-c2ccc(S([NH-])(=O)=O)cc2)cc1F.[Li+]. The summed E-state index contributed by atoms with van der Waals surface area (Å²) in [5.74, 6) is -0.666. The zero-order valence-corrected chi connectivity index (χ0v) is 15.7. The fourth-order valence-electron chi connectivity index (χ4n) is 2.50. The first-order valence-corrected chi connectivity index (χ1v) is 9.01. The maximum atomic E-state index is 14.0. The molecule has 0 atom stereocenters. The van der Waals surface area contributed by atoms with E-state index in [9.17, 15) is 21.6 Å². The van der Waals surface area contributed by atoms with Gasteiger partial charge in [-0.1, -0.05) is 0 Å². The van der Waals surface area contributed by atoms with Gasteiger partial charge in [-0.25, -0.2) is 26.3 Å². The van der Waals surface area contributed by atoms with Crippen LogP contribution in [0.2, 0.25) is 0 Å². The maximum Gasteiger partial charge on any atom is 1.00 e. The molecule has 3 aromatic rings. The van der Waals surface area contributed by atoms with E-state index in [1.807, 2.05) is 0 Å². The molecule has 0 radical (unpaired) electrons. The molecular formula is C17H13F3LiN3O3S. The van der Waals surface area contributed by atoms with E-state index in [1.54, 1.807) is 0 Å². The second-order valence-corrected chi connectivity index (χ2v) is 6.99. The predicted octanol–water partition coefficient (Wildman–Crippen LogP) is 1.37. The second kappa shape index (κ2) is 8.41. The average molecular weight is 403 g/mol. The van der Waals surface area contributed by atoms with E-state index < -0.39 is 28.0 Å². The molecule has 142 valence electrons. The van der Waals surface area contributed by atoms with E-state index >= 15 is 0 Å². The number of rotatable bonds is 5. The summed E-state index contributed by atoms with van der Waals surface area (Å²) in [6.45, 7) is 0. The van der Waals surface area contributed by atoms with Crippen molar-refractivity contribution in [2.24, 2.45) is 0 Å². The van der Waals surface area contributed by atoms with Crippen LogP contribution in [0.4, 0.5) is 13.2 Å². The summed E-state index contributed by atoms with van der Waals surface area (Å²) < 4.78 is 68.8.